The van der Waals surface area contributed by atoms with Crippen LogP contribution in [0.25, 0.3) is 0 Å². The maximum atomic E-state index is 13.0. The van der Waals surface area contributed by atoms with Crippen LogP contribution in [0.3, 0.4) is 0 Å². The molecule has 1 atom stereocenters. The summed E-state index contributed by atoms with van der Waals surface area (Å²) in [4.78, 5) is 2.42. The second-order valence-corrected chi connectivity index (χ2v) is 7.77. The van der Waals surface area contributed by atoms with E-state index in [-0.39, 0.29) is 17.5 Å². The molecule has 0 saturated heterocycles. The minimum Gasteiger partial charge on any atom is -0.374 e. The highest BCUT2D eigenvalue weighted by molar-refractivity contribution is 5.24. The molecule has 2 nitrogen and oxygen atoms in total. The van der Waals surface area contributed by atoms with Gasteiger partial charge in [0.05, 0.1) is 12.7 Å². The van der Waals surface area contributed by atoms with E-state index in [2.05, 4.69) is 56.3 Å². The lowest BCUT2D eigenvalue weighted by Gasteiger charge is -2.49. The van der Waals surface area contributed by atoms with E-state index in [9.17, 15) is 4.39 Å². The molecular formula is C23H30FNO. The molecule has 26 heavy (non-hydrogen) atoms. The van der Waals surface area contributed by atoms with Crippen LogP contribution < -0.4 is 0 Å². The predicted molar refractivity (Wildman–Crippen MR) is 105 cm³/mol. The molecule has 0 radical (unpaired) electrons. The van der Waals surface area contributed by atoms with E-state index in [0.29, 0.717) is 12.5 Å². The van der Waals surface area contributed by atoms with Crippen molar-refractivity contribution in [2.45, 2.75) is 56.8 Å². The zero-order valence-electron chi connectivity index (χ0n) is 16.1. The highest BCUT2D eigenvalue weighted by atomic mass is 19.1. The van der Waals surface area contributed by atoms with Crippen LogP contribution in [0, 0.1) is 5.82 Å². The zero-order chi connectivity index (χ0) is 18.6. The van der Waals surface area contributed by atoms with Crippen molar-refractivity contribution in [3.05, 3.63) is 71.5 Å². The molecule has 0 aromatic heterocycles. The first-order valence-corrected chi connectivity index (χ1v) is 9.60. The molecule has 1 fully saturated rings. The summed E-state index contributed by atoms with van der Waals surface area (Å²) in [5.41, 5.74) is 2.62. The molecule has 1 unspecified atom stereocenters. The minimum absolute atomic E-state index is 0.178. The average molecular weight is 355 g/mol. The molecule has 0 heterocycles. The van der Waals surface area contributed by atoms with Crippen molar-refractivity contribution in [2.75, 3.05) is 14.1 Å². The van der Waals surface area contributed by atoms with Crippen LogP contribution in [-0.4, -0.2) is 30.6 Å². The molecule has 3 rings (SSSR count). The topological polar surface area (TPSA) is 12.5 Å². The van der Waals surface area contributed by atoms with E-state index in [1.165, 1.54) is 17.7 Å². The lowest BCUT2D eigenvalue weighted by atomic mass is 9.69. The SMILES string of the molecule is CC(c1ccccc1)C1(N(C)C)CCC(OCc2ccc(F)cc2)CC1. The largest absolute Gasteiger partial charge is 0.374 e. The number of hydrogen-bond donors (Lipinski definition) is 0. The number of halogens is 1. The van der Waals surface area contributed by atoms with Gasteiger partial charge in [0.15, 0.2) is 0 Å². The number of rotatable bonds is 6. The molecule has 1 aliphatic carbocycles. The van der Waals surface area contributed by atoms with Gasteiger partial charge in [-0.15, -0.1) is 0 Å². The van der Waals surface area contributed by atoms with Gasteiger partial charge >= 0.3 is 0 Å². The minimum atomic E-state index is -0.197. The maximum Gasteiger partial charge on any atom is 0.123 e. The van der Waals surface area contributed by atoms with Gasteiger partial charge < -0.3 is 9.64 Å². The summed E-state index contributed by atoms with van der Waals surface area (Å²) < 4.78 is 19.1. The average Bonchev–Trinajstić information content (AvgIpc) is 2.68. The summed E-state index contributed by atoms with van der Waals surface area (Å²) in [6.45, 7) is 2.92. The summed E-state index contributed by atoms with van der Waals surface area (Å²) in [7, 11) is 4.41. The second-order valence-electron chi connectivity index (χ2n) is 7.77. The first kappa shape index (κ1) is 19.1. The fourth-order valence-corrected chi connectivity index (χ4v) is 4.37. The Kier molecular flexibility index (Phi) is 6.10. The van der Waals surface area contributed by atoms with Crippen molar-refractivity contribution in [3.63, 3.8) is 0 Å². The molecule has 2 aromatic carbocycles. The van der Waals surface area contributed by atoms with E-state index < -0.39 is 0 Å². The molecule has 1 aliphatic rings. The Morgan fingerprint density at radius 3 is 2.23 bits per heavy atom. The standard InChI is InChI=1S/C23H30FNO/c1-18(20-7-5-4-6-8-20)23(25(2)3)15-13-22(14-16-23)26-17-19-9-11-21(24)12-10-19/h4-12,18,22H,13-17H2,1-3H3. The van der Waals surface area contributed by atoms with Crippen LogP contribution in [0.1, 0.15) is 49.7 Å². The molecule has 0 spiro atoms. The van der Waals surface area contributed by atoms with Gasteiger partial charge in [-0.05, 0) is 69.0 Å². The smallest absolute Gasteiger partial charge is 0.123 e. The van der Waals surface area contributed by atoms with Gasteiger partial charge in [-0.1, -0.05) is 49.4 Å². The summed E-state index contributed by atoms with van der Waals surface area (Å²) in [5.74, 6) is 0.286. The molecule has 0 amide bonds. The monoisotopic (exact) mass is 355 g/mol. The molecule has 1 saturated carbocycles. The highest BCUT2D eigenvalue weighted by Gasteiger charge is 2.42. The summed E-state index contributed by atoms with van der Waals surface area (Å²) in [6, 6.07) is 17.4. The van der Waals surface area contributed by atoms with Crippen molar-refractivity contribution in [1.29, 1.82) is 0 Å². The molecule has 2 aromatic rings. The molecule has 3 heteroatoms. The summed E-state index contributed by atoms with van der Waals surface area (Å²) in [5, 5.41) is 0. The molecule has 0 bridgehead atoms. The van der Waals surface area contributed by atoms with Crippen molar-refractivity contribution in [2.24, 2.45) is 0 Å². The Balaban J connectivity index is 1.61. The first-order valence-electron chi connectivity index (χ1n) is 9.60. The molecule has 0 aliphatic heterocycles. The highest BCUT2D eigenvalue weighted by Crippen LogP contribution is 2.43. The molecule has 140 valence electrons. The Morgan fingerprint density at radius 1 is 1.04 bits per heavy atom. The summed E-state index contributed by atoms with van der Waals surface area (Å²) >= 11 is 0. The van der Waals surface area contributed by atoms with Crippen molar-refractivity contribution >= 4 is 0 Å². The number of likely N-dealkylation sites (N-methyl/N-ethyl adjacent to an activating group) is 1. The van der Waals surface area contributed by atoms with Gasteiger partial charge in [0.1, 0.15) is 5.82 Å². The Labute approximate surface area is 157 Å². The Hall–Kier alpha value is -1.71. The fourth-order valence-electron chi connectivity index (χ4n) is 4.37. The molecule has 0 N–H and O–H groups in total. The Bertz CT molecular complexity index is 675. The van der Waals surface area contributed by atoms with Crippen LogP contribution in [0.4, 0.5) is 4.39 Å². The number of hydrogen-bond acceptors (Lipinski definition) is 2. The van der Waals surface area contributed by atoms with Gasteiger partial charge in [0, 0.05) is 5.54 Å². The van der Waals surface area contributed by atoms with E-state index in [0.717, 1.165) is 31.2 Å². The van der Waals surface area contributed by atoms with Crippen molar-refractivity contribution < 1.29 is 9.13 Å². The van der Waals surface area contributed by atoms with Crippen LogP contribution >= 0.6 is 0 Å². The number of benzene rings is 2. The number of ether oxygens (including phenoxy) is 1. The van der Waals surface area contributed by atoms with Gasteiger partial charge in [-0.3, -0.25) is 0 Å². The van der Waals surface area contributed by atoms with Gasteiger partial charge in [0.2, 0.25) is 0 Å². The van der Waals surface area contributed by atoms with Gasteiger partial charge in [-0.2, -0.15) is 0 Å². The van der Waals surface area contributed by atoms with Gasteiger partial charge in [-0.25, -0.2) is 4.39 Å². The van der Waals surface area contributed by atoms with Crippen LogP contribution in [-0.2, 0) is 11.3 Å². The maximum absolute atomic E-state index is 13.0. The van der Waals surface area contributed by atoms with Crippen molar-refractivity contribution in [1.82, 2.24) is 4.90 Å². The summed E-state index contributed by atoms with van der Waals surface area (Å²) in [6.07, 6.45) is 4.68. The predicted octanol–water partition coefficient (Wildman–Crippen LogP) is 5.39. The molecular weight excluding hydrogens is 325 g/mol. The van der Waals surface area contributed by atoms with E-state index >= 15 is 0 Å². The zero-order valence-corrected chi connectivity index (χ0v) is 16.1. The third kappa shape index (κ3) is 4.16. The van der Waals surface area contributed by atoms with E-state index in [4.69, 9.17) is 4.74 Å². The first-order chi connectivity index (χ1) is 12.5. The van der Waals surface area contributed by atoms with E-state index in [1.807, 2.05) is 0 Å². The second kappa shape index (κ2) is 8.32. The van der Waals surface area contributed by atoms with Gasteiger partial charge in [0.25, 0.3) is 0 Å². The normalized spacial score (nSPS) is 24.6. The Morgan fingerprint density at radius 2 is 1.65 bits per heavy atom. The van der Waals surface area contributed by atoms with Crippen LogP contribution in [0.2, 0.25) is 0 Å². The quantitative estimate of drug-likeness (QED) is 0.689. The number of nitrogens with zero attached hydrogens (tertiary/aromatic N) is 1. The van der Waals surface area contributed by atoms with Crippen molar-refractivity contribution in [3.8, 4) is 0 Å². The fraction of sp³-hybridized carbons (Fsp3) is 0.478. The third-order valence-corrected chi connectivity index (χ3v) is 6.19. The van der Waals surface area contributed by atoms with Crippen LogP contribution in [0.15, 0.2) is 54.6 Å². The third-order valence-electron chi connectivity index (χ3n) is 6.19. The lowest BCUT2D eigenvalue weighted by Crippen LogP contribution is -2.51. The van der Waals surface area contributed by atoms with E-state index in [1.54, 1.807) is 12.1 Å². The lowest BCUT2D eigenvalue weighted by molar-refractivity contribution is -0.0300. The van der Waals surface area contributed by atoms with Crippen LogP contribution in [0.5, 0.6) is 0 Å².